The van der Waals surface area contributed by atoms with Gasteiger partial charge in [-0.2, -0.15) is 13.2 Å². The Kier molecular flexibility index (Phi) is 7.50. The summed E-state index contributed by atoms with van der Waals surface area (Å²) in [5, 5.41) is 9.57. The maximum atomic E-state index is 13.8. The van der Waals surface area contributed by atoms with E-state index < -0.39 is 23.6 Å². The molecule has 0 aromatic heterocycles. The van der Waals surface area contributed by atoms with Gasteiger partial charge in [0.1, 0.15) is 5.82 Å². The van der Waals surface area contributed by atoms with Crippen LogP contribution in [0.2, 0.25) is 0 Å². The van der Waals surface area contributed by atoms with Crippen molar-refractivity contribution >= 4 is 5.97 Å². The van der Waals surface area contributed by atoms with E-state index >= 15 is 0 Å². The van der Waals surface area contributed by atoms with Gasteiger partial charge in [-0.15, -0.1) is 0 Å². The summed E-state index contributed by atoms with van der Waals surface area (Å²) in [6.45, 7) is 5.43. The van der Waals surface area contributed by atoms with Crippen molar-refractivity contribution in [2.45, 2.75) is 44.8 Å². The molecular formula is C29H29F4NO2. The van der Waals surface area contributed by atoms with E-state index in [0.29, 0.717) is 22.6 Å². The van der Waals surface area contributed by atoms with Gasteiger partial charge in [-0.1, -0.05) is 43.3 Å². The lowest BCUT2D eigenvalue weighted by molar-refractivity contribution is -0.138. The summed E-state index contributed by atoms with van der Waals surface area (Å²) in [7, 11) is 0. The Bertz CT molecular complexity index is 1200. The summed E-state index contributed by atoms with van der Waals surface area (Å²) in [6.07, 6.45) is -2.45. The summed E-state index contributed by atoms with van der Waals surface area (Å²) < 4.78 is 53.4. The minimum absolute atomic E-state index is 0.260. The average molecular weight is 500 g/mol. The van der Waals surface area contributed by atoms with Crippen LogP contribution in [0.4, 0.5) is 17.6 Å². The zero-order valence-electron chi connectivity index (χ0n) is 20.2. The van der Waals surface area contributed by atoms with Crippen molar-refractivity contribution in [3.05, 3.63) is 94.8 Å². The molecule has 1 saturated heterocycles. The largest absolute Gasteiger partial charge is 0.481 e. The fourth-order valence-electron chi connectivity index (χ4n) is 4.83. The molecule has 3 aromatic rings. The number of halogens is 4. The minimum Gasteiger partial charge on any atom is -0.481 e. The molecule has 0 aliphatic carbocycles. The second-order valence-corrected chi connectivity index (χ2v) is 9.65. The molecule has 0 saturated carbocycles. The number of carbonyl (C=O) groups is 1. The second kappa shape index (κ2) is 10.4. The van der Waals surface area contributed by atoms with Crippen LogP contribution in [0.5, 0.6) is 0 Å². The van der Waals surface area contributed by atoms with Gasteiger partial charge in [-0.25, -0.2) is 4.39 Å². The molecule has 190 valence electrons. The molecule has 3 aromatic carbocycles. The van der Waals surface area contributed by atoms with Crippen molar-refractivity contribution in [1.29, 1.82) is 0 Å². The van der Waals surface area contributed by atoms with Gasteiger partial charge < -0.3 is 5.11 Å². The van der Waals surface area contributed by atoms with Crippen LogP contribution in [0, 0.1) is 11.7 Å². The highest BCUT2D eigenvalue weighted by Crippen LogP contribution is 2.40. The van der Waals surface area contributed by atoms with Crippen LogP contribution >= 0.6 is 0 Å². The Morgan fingerprint density at radius 2 is 1.53 bits per heavy atom. The molecule has 7 heteroatoms. The van der Waals surface area contributed by atoms with E-state index in [1.54, 1.807) is 31.2 Å². The Labute approximate surface area is 208 Å². The lowest BCUT2D eigenvalue weighted by atomic mass is 9.85. The predicted octanol–water partition coefficient (Wildman–Crippen LogP) is 7.52. The highest BCUT2D eigenvalue weighted by molar-refractivity contribution is 5.78. The topological polar surface area (TPSA) is 40.5 Å². The van der Waals surface area contributed by atoms with Gasteiger partial charge in [0.2, 0.25) is 0 Å². The molecule has 0 amide bonds. The van der Waals surface area contributed by atoms with E-state index in [4.69, 9.17) is 0 Å². The molecule has 36 heavy (non-hydrogen) atoms. The van der Waals surface area contributed by atoms with E-state index in [1.807, 2.05) is 6.07 Å². The summed E-state index contributed by atoms with van der Waals surface area (Å²) in [5.74, 6) is -1.53. The zero-order valence-corrected chi connectivity index (χ0v) is 20.2. The fourth-order valence-corrected chi connectivity index (χ4v) is 4.83. The smallest absolute Gasteiger partial charge is 0.416 e. The zero-order chi connectivity index (χ0) is 26.0. The van der Waals surface area contributed by atoms with E-state index in [0.717, 1.165) is 49.2 Å². The molecular weight excluding hydrogens is 470 g/mol. The monoisotopic (exact) mass is 499 g/mol. The Hall–Kier alpha value is -3.19. The Morgan fingerprint density at radius 3 is 2.08 bits per heavy atom. The first-order valence-electron chi connectivity index (χ1n) is 12.1. The lowest BCUT2D eigenvalue weighted by Crippen LogP contribution is -2.37. The SMILES string of the molecule is CC1CCN([C@H](c2ccc(F)cc2)c2ccc([C@@H](C)C(=O)O)cc2-c2ccc(C(F)(F)F)cc2)CC1. The minimum atomic E-state index is -4.46. The van der Waals surface area contributed by atoms with Crippen molar-refractivity contribution in [2.75, 3.05) is 13.1 Å². The standard InChI is InChI=1S/C29H29F4NO2/c1-18-13-15-34(16-14-18)27(21-5-10-24(30)11-6-21)25-12-7-22(19(2)28(35)36)17-26(25)20-3-8-23(9-4-20)29(31,32)33/h3-12,17-19,27H,13-16H2,1-2H3,(H,35,36)/t19-,27-/m1/s1. The normalized spacial score (nSPS) is 17.1. The third-order valence-corrected chi connectivity index (χ3v) is 7.13. The van der Waals surface area contributed by atoms with Crippen molar-refractivity contribution < 1.29 is 27.5 Å². The maximum absolute atomic E-state index is 13.8. The van der Waals surface area contributed by atoms with Crippen LogP contribution in [-0.4, -0.2) is 29.1 Å². The summed E-state index contributed by atoms with van der Waals surface area (Å²) in [5.41, 5.74) is 2.77. The molecule has 1 heterocycles. The van der Waals surface area contributed by atoms with Crippen LogP contribution in [0.25, 0.3) is 11.1 Å². The van der Waals surface area contributed by atoms with E-state index in [-0.39, 0.29) is 11.9 Å². The molecule has 0 unspecified atom stereocenters. The van der Waals surface area contributed by atoms with Crippen molar-refractivity contribution in [2.24, 2.45) is 5.92 Å². The van der Waals surface area contributed by atoms with Gasteiger partial charge >= 0.3 is 12.1 Å². The quantitative estimate of drug-likeness (QED) is 0.357. The molecule has 0 spiro atoms. The fraction of sp³-hybridized carbons (Fsp3) is 0.345. The number of rotatable bonds is 6. The third kappa shape index (κ3) is 5.62. The van der Waals surface area contributed by atoms with Crippen LogP contribution in [0.15, 0.2) is 66.7 Å². The van der Waals surface area contributed by atoms with Crippen molar-refractivity contribution in [3.8, 4) is 11.1 Å². The first-order chi connectivity index (χ1) is 17.0. The van der Waals surface area contributed by atoms with Crippen LogP contribution in [-0.2, 0) is 11.0 Å². The summed E-state index contributed by atoms with van der Waals surface area (Å²) in [6, 6.07) is 16.4. The van der Waals surface area contributed by atoms with Gasteiger partial charge in [0.05, 0.1) is 17.5 Å². The Morgan fingerprint density at radius 1 is 0.944 bits per heavy atom. The van der Waals surface area contributed by atoms with Crippen LogP contribution < -0.4 is 0 Å². The van der Waals surface area contributed by atoms with Gasteiger partial charge in [-0.05, 0) is 96.9 Å². The van der Waals surface area contributed by atoms with Crippen molar-refractivity contribution in [1.82, 2.24) is 4.90 Å². The molecule has 4 rings (SSSR count). The molecule has 1 aliphatic heterocycles. The van der Waals surface area contributed by atoms with E-state index in [9.17, 15) is 27.5 Å². The average Bonchev–Trinajstić information content (AvgIpc) is 2.85. The molecule has 1 N–H and O–H groups in total. The highest BCUT2D eigenvalue weighted by atomic mass is 19.4. The number of hydrogen-bond acceptors (Lipinski definition) is 2. The first-order valence-corrected chi connectivity index (χ1v) is 12.1. The molecule has 1 aliphatic rings. The van der Waals surface area contributed by atoms with Gasteiger partial charge in [0.25, 0.3) is 0 Å². The number of carboxylic acids is 1. The second-order valence-electron chi connectivity index (χ2n) is 9.65. The predicted molar refractivity (Wildman–Crippen MR) is 131 cm³/mol. The molecule has 0 bridgehead atoms. The number of hydrogen-bond donors (Lipinski definition) is 1. The van der Waals surface area contributed by atoms with E-state index in [1.165, 1.54) is 24.3 Å². The number of piperidine rings is 1. The van der Waals surface area contributed by atoms with E-state index in [2.05, 4.69) is 11.8 Å². The molecule has 0 radical (unpaired) electrons. The summed E-state index contributed by atoms with van der Waals surface area (Å²) >= 11 is 0. The third-order valence-electron chi connectivity index (χ3n) is 7.13. The number of alkyl halides is 3. The molecule has 2 atom stereocenters. The van der Waals surface area contributed by atoms with Gasteiger partial charge in [-0.3, -0.25) is 9.69 Å². The van der Waals surface area contributed by atoms with Crippen molar-refractivity contribution in [3.63, 3.8) is 0 Å². The maximum Gasteiger partial charge on any atom is 0.416 e. The Balaban J connectivity index is 1.88. The number of carboxylic acid groups (broad SMARTS) is 1. The summed E-state index contributed by atoms with van der Waals surface area (Å²) in [4.78, 5) is 14.0. The highest BCUT2D eigenvalue weighted by Gasteiger charge is 2.31. The van der Waals surface area contributed by atoms with Crippen LogP contribution in [0.1, 0.15) is 60.9 Å². The van der Waals surface area contributed by atoms with Gasteiger partial charge in [0.15, 0.2) is 0 Å². The number of likely N-dealkylation sites (tertiary alicyclic amines) is 1. The number of aliphatic carboxylic acids is 1. The number of benzene rings is 3. The molecule has 3 nitrogen and oxygen atoms in total. The first kappa shape index (κ1) is 25.9. The number of nitrogens with zero attached hydrogens (tertiary/aromatic N) is 1. The molecule has 1 fully saturated rings. The van der Waals surface area contributed by atoms with Gasteiger partial charge in [0, 0.05) is 0 Å². The van der Waals surface area contributed by atoms with Crippen LogP contribution in [0.3, 0.4) is 0 Å². The lowest BCUT2D eigenvalue weighted by Gasteiger charge is -2.38.